The minimum absolute atomic E-state index is 0.331. The molecule has 0 fully saturated rings. The zero-order valence-corrected chi connectivity index (χ0v) is 11.4. The second-order valence-electron chi connectivity index (χ2n) is 4.45. The van der Waals surface area contributed by atoms with Gasteiger partial charge in [0.05, 0.1) is 15.8 Å². The minimum atomic E-state index is -3.22. The fraction of sp³-hybridized carbons (Fsp3) is 0.308. The van der Waals surface area contributed by atoms with Gasteiger partial charge in [0.15, 0.2) is 15.6 Å². The molecule has 18 heavy (non-hydrogen) atoms. The van der Waals surface area contributed by atoms with Gasteiger partial charge in [0, 0.05) is 11.6 Å². The third kappa shape index (κ3) is 2.31. The van der Waals surface area contributed by atoms with Crippen LogP contribution in [-0.4, -0.2) is 18.8 Å². The van der Waals surface area contributed by atoms with Gasteiger partial charge in [-0.2, -0.15) is 0 Å². The van der Waals surface area contributed by atoms with Crippen LogP contribution in [0.25, 0.3) is 11.3 Å². The van der Waals surface area contributed by atoms with E-state index in [1.165, 1.54) is 0 Å². The molecule has 1 aromatic carbocycles. The van der Waals surface area contributed by atoms with E-state index in [1.807, 2.05) is 13.0 Å². The van der Waals surface area contributed by atoms with Crippen LogP contribution in [0.4, 0.5) is 0 Å². The first-order valence-corrected chi connectivity index (χ1v) is 7.23. The molecule has 0 N–H and O–H groups in total. The lowest BCUT2D eigenvalue weighted by Crippen LogP contribution is -2.13. The Balaban J connectivity index is 2.37. The number of sulfone groups is 1. The third-order valence-corrected chi connectivity index (χ3v) is 4.89. The Morgan fingerprint density at radius 1 is 1.17 bits per heavy atom. The highest BCUT2D eigenvalue weighted by Crippen LogP contribution is 2.23. The van der Waals surface area contributed by atoms with E-state index in [2.05, 4.69) is 5.16 Å². The van der Waals surface area contributed by atoms with Crippen LogP contribution in [-0.2, 0) is 9.84 Å². The molecule has 0 atom stereocenters. The normalized spacial score (nSPS) is 12.0. The maximum atomic E-state index is 11.9. The van der Waals surface area contributed by atoms with Crippen LogP contribution in [0.2, 0.25) is 0 Å². The van der Waals surface area contributed by atoms with Gasteiger partial charge in [-0.3, -0.25) is 0 Å². The van der Waals surface area contributed by atoms with Crippen LogP contribution >= 0.6 is 0 Å². The van der Waals surface area contributed by atoms with Crippen LogP contribution < -0.4 is 0 Å². The summed E-state index contributed by atoms with van der Waals surface area (Å²) in [5, 5.41) is 3.38. The summed E-state index contributed by atoms with van der Waals surface area (Å²) in [5.74, 6) is 0.640. The molecule has 0 saturated heterocycles. The summed E-state index contributed by atoms with van der Waals surface area (Å²) < 4.78 is 29.0. The second-order valence-corrected chi connectivity index (χ2v) is 6.95. The number of benzene rings is 1. The Labute approximate surface area is 107 Å². The van der Waals surface area contributed by atoms with Crippen molar-refractivity contribution in [3.63, 3.8) is 0 Å². The van der Waals surface area contributed by atoms with E-state index in [9.17, 15) is 8.42 Å². The van der Waals surface area contributed by atoms with Crippen molar-refractivity contribution in [3.8, 4) is 11.3 Å². The molecule has 1 aromatic heterocycles. The van der Waals surface area contributed by atoms with Crippen molar-refractivity contribution in [2.24, 2.45) is 0 Å². The summed E-state index contributed by atoms with van der Waals surface area (Å²) in [6, 6.07) is 8.47. The number of aryl methyl sites for hydroxylation is 1. The molecule has 0 aliphatic rings. The van der Waals surface area contributed by atoms with Gasteiger partial charge in [-0.25, -0.2) is 8.42 Å². The smallest absolute Gasteiger partial charge is 0.180 e. The van der Waals surface area contributed by atoms with Gasteiger partial charge in [-0.1, -0.05) is 5.16 Å². The Hall–Kier alpha value is -1.62. The van der Waals surface area contributed by atoms with E-state index < -0.39 is 15.1 Å². The molecule has 0 unspecified atom stereocenters. The number of rotatable bonds is 3. The van der Waals surface area contributed by atoms with Crippen LogP contribution in [0.5, 0.6) is 0 Å². The summed E-state index contributed by atoms with van der Waals surface area (Å²) in [4.78, 5) is 0.331. The van der Waals surface area contributed by atoms with Crippen molar-refractivity contribution in [2.75, 3.05) is 0 Å². The monoisotopic (exact) mass is 265 g/mol. The van der Waals surface area contributed by atoms with E-state index in [0.717, 1.165) is 11.3 Å². The van der Waals surface area contributed by atoms with Crippen molar-refractivity contribution in [1.29, 1.82) is 0 Å². The van der Waals surface area contributed by atoms with Crippen LogP contribution in [0.1, 0.15) is 19.5 Å². The molecular weight excluding hydrogens is 250 g/mol. The van der Waals surface area contributed by atoms with Crippen molar-refractivity contribution in [2.45, 2.75) is 30.9 Å². The molecule has 2 aromatic rings. The highest BCUT2D eigenvalue weighted by atomic mass is 32.2. The van der Waals surface area contributed by atoms with Crippen molar-refractivity contribution in [3.05, 3.63) is 36.0 Å². The average molecular weight is 265 g/mol. The lowest BCUT2D eigenvalue weighted by atomic mass is 10.2. The lowest BCUT2D eigenvalue weighted by molar-refractivity contribution is 0.427. The zero-order valence-electron chi connectivity index (χ0n) is 10.5. The van der Waals surface area contributed by atoms with Crippen molar-refractivity contribution >= 4 is 9.84 Å². The predicted molar refractivity (Wildman–Crippen MR) is 69.0 cm³/mol. The van der Waals surface area contributed by atoms with E-state index in [4.69, 9.17) is 4.52 Å². The van der Waals surface area contributed by atoms with Crippen molar-refractivity contribution < 1.29 is 12.9 Å². The average Bonchev–Trinajstić information content (AvgIpc) is 2.76. The standard InChI is InChI=1S/C13H15NO3S/c1-9(2)18(15,16)12-6-4-11(5-7-12)13-8-10(3)14-17-13/h4-9H,1-3H3. The van der Waals surface area contributed by atoms with E-state index in [-0.39, 0.29) is 0 Å². The van der Waals surface area contributed by atoms with Crippen LogP contribution in [0, 0.1) is 6.92 Å². The van der Waals surface area contributed by atoms with E-state index in [1.54, 1.807) is 38.1 Å². The van der Waals surface area contributed by atoms with Crippen LogP contribution in [0.3, 0.4) is 0 Å². The highest BCUT2D eigenvalue weighted by Gasteiger charge is 2.19. The third-order valence-electron chi connectivity index (χ3n) is 2.72. The molecular formula is C13H15NO3S. The Morgan fingerprint density at radius 2 is 1.78 bits per heavy atom. The van der Waals surface area contributed by atoms with Crippen molar-refractivity contribution in [1.82, 2.24) is 5.16 Å². The fourth-order valence-corrected chi connectivity index (χ4v) is 2.64. The molecule has 0 radical (unpaired) electrons. The molecule has 2 rings (SSSR count). The highest BCUT2D eigenvalue weighted by molar-refractivity contribution is 7.92. The van der Waals surface area contributed by atoms with E-state index in [0.29, 0.717) is 10.7 Å². The molecule has 0 amide bonds. The number of hydrogen-bond donors (Lipinski definition) is 0. The Bertz CT molecular complexity index is 639. The van der Waals surface area contributed by atoms with Gasteiger partial charge >= 0.3 is 0 Å². The maximum absolute atomic E-state index is 11.9. The van der Waals surface area contributed by atoms with Crippen LogP contribution in [0.15, 0.2) is 39.8 Å². The Kier molecular flexibility index (Phi) is 3.26. The first-order chi connectivity index (χ1) is 8.41. The maximum Gasteiger partial charge on any atom is 0.180 e. The summed E-state index contributed by atoms with van der Waals surface area (Å²) in [7, 11) is -3.22. The summed E-state index contributed by atoms with van der Waals surface area (Å²) in [6.45, 7) is 5.18. The quantitative estimate of drug-likeness (QED) is 0.856. The van der Waals surface area contributed by atoms with Gasteiger partial charge in [0.25, 0.3) is 0 Å². The molecule has 1 heterocycles. The molecule has 4 nitrogen and oxygen atoms in total. The second kappa shape index (κ2) is 4.57. The molecule has 96 valence electrons. The molecule has 5 heteroatoms. The van der Waals surface area contributed by atoms with Gasteiger partial charge < -0.3 is 4.52 Å². The minimum Gasteiger partial charge on any atom is -0.356 e. The lowest BCUT2D eigenvalue weighted by Gasteiger charge is -2.07. The SMILES string of the molecule is Cc1cc(-c2ccc(S(=O)(=O)C(C)C)cc2)on1. The van der Waals surface area contributed by atoms with Gasteiger partial charge in [0.2, 0.25) is 0 Å². The number of aromatic nitrogens is 1. The molecule has 0 spiro atoms. The van der Waals surface area contributed by atoms with Gasteiger partial charge in [-0.15, -0.1) is 0 Å². The fourth-order valence-electron chi connectivity index (χ4n) is 1.58. The summed E-state index contributed by atoms with van der Waals surface area (Å²) in [6.07, 6.45) is 0. The topological polar surface area (TPSA) is 60.2 Å². The molecule has 0 aliphatic heterocycles. The number of hydrogen-bond acceptors (Lipinski definition) is 4. The summed E-state index contributed by atoms with van der Waals surface area (Å²) >= 11 is 0. The predicted octanol–water partition coefficient (Wildman–Crippen LogP) is 2.83. The van der Waals surface area contributed by atoms with Gasteiger partial charge in [-0.05, 0) is 45.0 Å². The summed E-state index contributed by atoms with van der Waals surface area (Å²) in [5.41, 5.74) is 1.61. The van der Waals surface area contributed by atoms with Gasteiger partial charge in [0.1, 0.15) is 0 Å². The zero-order chi connectivity index (χ0) is 13.3. The molecule has 0 saturated carbocycles. The Morgan fingerprint density at radius 3 is 2.22 bits per heavy atom. The van der Waals surface area contributed by atoms with E-state index >= 15 is 0 Å². The first-order valence-electron chi connectivity index (χ1n) is 5.69. The first kappa shape index (κ1) is 12.8. The molecule has 0 aliphatic carbocycles. The number of nitrogens with zero attached hydrogens (tertiary/aromatic N) is 1. The largest absolute Gasteiger partial charge is 0.356 e. The molecule has 0 bridgehead atoms.